The second-order valence-corrected chi connectivity index (χ2v) is 8.66. The molecule has 0 unspecified atom stereocenters. The summed E-state index contributed by atoms with van der Waals surface area (Å²) in [6, 6.07) is 12.3. The SMILES string of the molecule is O=c1nnc2c(-c3ccc(Cl)cc3)c(-c3ccncc3)c3n[n+](Cc4ccc(C(F)(F)F)cn4)c(=O)n3n12. The van der Waals surface area contributed by atoms with E-state index in [1.165, 1.54) is 0 Å². The smallest absolute Gasteiger partial charge is 0.265 e. The predicted octanol–water partition coefficient (Wildman–Crippen LogP) is 2.67. The summed E-state index contributed by atoms with van der Waals surface area (Å²) in [7, 11) is 0. The Balaban J connectivity index is 1.65. The van der Waals surface area contributed by atoms with E-state index in [0.717, 1.165) is 25.8 Å². The first kappa shape index (κ1) is 23.6. The van der Waals surface area contributed by atoms with E-state index in [9.17, 15) is 22.8 Å². The Morgan fingerprint density at radius 3 is 2.18 bits per heavy atom. The standard InChI is InChI=1S/C24H13ClF3N8O2/c25-16-4-1-13(2-5-16)18-19(14-7-9-29-10-8-14)21-33-34(12-17-6-3-15(11-30-17)24(26,27)28)23(38)36(21)35-20(18)31-32-22(35)37/h1-11H,12H2/q+1. The van der Waals surface area contributed by atoms with E-state index in [0.29, 0.717) is 33.5 Å². The van der Waals surface area contributed by atoms with Crippen LogP contribution < -0.4 is 16.1 Å². The molecule has 6 aromatic rings. The van der Waals surface area contributed by atoms with Crippen LogP contribution in [0.5, 0.6) is 0 Å². The highest BCUT2D eigenvalue weighted by molar-refractivity contribution is 6.30. The van der Waals surface area contributed by atoms with Gasteiger partial charge in [-0.1, -0.05) is 38.0 Å². The molecule has 0 fully saturated rings. The molecular weight excluding hydrogens is 525 g/mol. The number of pyridine rings is 2. The lowest BCUT2D eigenvalue weighted by Crippen LogP contribution is -2.52. The molecule has 14 heteroatoms. The van der Waals surface area contributed by atoms with Gasteiger partial charge in [-0.25, -0.2) is 4.79 Å². The lowest BCUT2D eigenvalue weighted by atomic mass is 9.97. The van der Waals surface area contributed by atoms with E-state index in [4.69, 9.17) is 11.6 Å². The van der Waals surface area contributed by atoms with Crippen molar-refractivity contribution in [1.29, 1.82) is 0 Å². The van der Waals surface area contributed by atoms with E-state index in [1.54, 1.807) is 48.8 Å². The molecule has 0 spiro atoms. The molecule has 0 saturated heterocycles. The molecule has 0 aliphatic heterocycles. The molecule has 0 saturated carbocycles. The first-order valence-corrected chi connectivity index (χ1v) is 11.4. The Labute approximate surface area is 214 Å². The van der Waals surface area contributed by atoms with Crippen LogP contribution in [-0.4, -0.2) is 34.3 Å². The first-order valence-electron chi connectivity index (χ1n) is 11.0. The van der Waals surface area contributed by atoms with Gasteiger partial charge in [-0.3, -0.25) is 9.97 Å². The summed E-state index contributed by atoms with van der Waals surface area (Å²) in [5.74, 6) is 0. The van der Waals surface area contributed by atoms with Crippen molar-refractivity contribution < 1.29 is 17.9 Å². The highest BCUT2D eigenvalue weighted by Gasteiger charge is 2.33. The fourth-order valence-corrected chi connectivity index (χ4v) is 4.31. The van der Waals surface area contributed by atoms with Crippen molar-refractivity contribution in [3.8, 4) is 22.3 Å². The van der Waals surface area contributed by atoms with Gasteiger partial charge in [0.15, 0.2) is 6.54 Å². The molecule has 1 aromatic carbocycles. The highest BCUT2D eigenvalue weighted by Crippen LogP contribution is 2.37. The molecule has 0 aliphatic rings. The van der Waals surface area contributed by atoms with Crippen LogP contribution in [0.25, 0.3) is 33.5 Å². The van der Waals surface area contributed by atoms with Crippen LogP contribution in [0.1, 0.15) is 11.3 Å². The number of rotatable bonds is 4. The van der Waals surface area contributed by atoms with Crippen LogP contribution in [-0.2, 0) is 12.7 Å². The van der Waals surface area contributed by atoms with Gasteiger partial charge in [0, 0.05) is 29.2 Å². The van der Waals surface area contributed by atoms with Crippen molar-refractivity contribution in [3.63, 3.8) is 0 Å². The third-order valence-electron chi connectivity index (χ3n) is 5.89. The molecule has 0 aliphatic carbocycles. The predicted molar refractivity (Wildman–Crippen MR) is 128 cm³/mol. The third kappa shape index (κ3) is 3.84. The van der Waals surface area contributed by atoms with Gasteiger partial charge in [-0.05, 0) is 57.1 Å². The molecule has 5 heterocycles. The van der Waals surface area contributed by atoms with Gasteiger partial charge < -0.3 is 0 Å². The highest BCUT2D eigenvalue weighted by atomic mass is 35.5. The average Bonchev–Trinajstić information content (AvgIpc) is 3.43. The molecule has 0 atom stereocenters. The summed E-state index contributed by atoms with van der Waals surface area (Å²) >= 11 is 6.09. The number of hydrogen-bond donors (Lipinski definition) is 0. The number of benzene rings is 1. The topological polar surface area (TPSA) is 111 Å². The zero-order chi connectivity index (χ0) is 26.6. The van der Waals surface area contributed by atoms with Crippen molar-refractivity contribution >= 4 is 22.9 Å². The number of hydrogen-bond acceptors (Lipinski definition) is 7. The zero-order valence-corrected chi connectivity index (χ0v) is 19.7. The number of nitrogens with zero attached hydrogens (tertiary/aromatic N) is 8. The molecule has 0 bridgehead atoms. The van der Waals surface area contributed by atoms with E-state index in [-0.39, 0.29) is 23.5 Å². The Kier molecular flexibility index (Phi) is 5.38. The zero-order valence-electron chi connectivity index (χ0n) is 19.0. The van der Waals surface area contributed by atoms with Gasteiger partial charge in [0.1, 0.15) is 0 Å². The fourth-order valence-electron chi connectivity index (χ4n) is 4.18. The summed E-state index contributed by atoms with van der Waals surface area (Å²) in [5.41, 5.74) is 0.0919. The van der Waals surface area contributed by atoms with Gasteiger partial charge >= 0.3 is 17.6 Å². The molecule has 0 radical (unpaired) electrons. The second-order valence-electron chi connectivity index (χ2n) is 8.22. The molecule has 0 N–H and O–H groups in total. The van der Waals surface area contributed by atoms with Gasteiger partial charge in [-0.2, -0.15) is 18.0 Å². The summed E-state index contributed by atoms with van der Waals surface area (Å²) in [6.45, 7) is -0.247. The quantitative estimate of drug-likeness (QED) is 0.318. The van der Waals surface area contributed by atoms with Gasteiger partial charge in [0.2, 0.25) is 5.65 Å². The Morgan fingerprint density at radius 2 is 1.53 bits per heavy atom. The van der Waals surface area contributed by atoms with E-state index < -0.39 is 23.1 Å². The summed E-state index contributed by atoms with van der Waals surface area (Å²) in [5, 5.41) is 12.7. The van der Waals surface area contributed by atoms with Crippen LogP contribution in [0.2, 0.25) is 5.02 Å². The molecule has 188 valence electrons. The summed E-state index contributed by atoms with van der Waals surface area (Å²) in [4.78, 5) is 34.2. The van der Waals surface area contributed by atoms with Crippen molar-refractivity contribution in [2.24, 2.45) is 0 Å². The van der Waals surface area contributed by atoms with E-state index >= 15 is 0 Å². The minimum Gasteiger partial charge on any atom is -0.265 e. The largest absolute Gasteiger partial charge is 0.545 e. The van der Waals surface area contributed by atoms with Crippen molar-refractivity contribution in [2.75, 3.05) is 0 Å². The maximum atomic E-state index is 13.5. The van der Waals surface area contributed by atoms with Crippen molar-refractivity contribution in [3.05, 3.63) is 104 Å². The lowest BCUT2D eigenvalue weighted by molar-refractivity contribution is -0.756. The first-order chi connectivity index (χ1) is 18.2. The number of aromatic nitrogens is 8. The van der Waals surface area contributed by atoms with Crippen LogP contribution in [0, 0.1) is 0 Å². The molecule has 5 aromatic heterocycles. The van der Waals surface area contributed by atoms with Gasteiger partial charge in [-0.15, -0.1) is 5.10 Å². The Morgan fingerprint density at radius 1 is 0.842 bits per heavy atom. The molecule has 6 rings (SSSR count). The van der Waals surface area contributed by atoms with Crippen LogP contribution in [0.15, 0.2) is 76.7 Å². The van der Waals surface area contributed by atoms with Crippen LogP contribution >= 0.6 is 11.6 Å². The van der Waals surface area contributed by atoms with Crippen molar-refractivity contribution in [1.82, 2.24) is 34.3 Å². The lowest BCUT2D eigenvalue weighted by Gasteiger charge is -2.10. The van der Waals surface area contributed by atoms with E-state index in [2.05, 4.69) is 25.3 Å². The monoisotopic (exact) mass is 537 g/mol. The maximum absolute atomic E-state index is 13.5. The fraction of sp³-hybridized carbons (Fsp3) is 0.0833. The van der Waals surface area contributed by atoms with Gasteiger partial charge in [0.25, 0.3) is 5.65 Å². The number of fused-ring (bicyclic) bond motifs is 3. The number of alkyl halides is 3. The minimum atomic E-state index is -4.55. The van der Waals surface area contributed by atoms with Gasteiger partial charge in [0.05, 0.1) is 16.8 Å². The normalized spacial score (nSPS) is 12.0. The maximum Gasteiger partial charge on any atom is 0.545 e. The molecule has 38 heavy (non-hydrogen) atoms. The van der Waals surface area contributed by atoms with Crippen LogP contribution in [0.4, 0.5) is 13.2 Å². The summed E-state index contributed by atoms with van der Waals surface area (Å²) in [6.07, 6.45) is -0.740. The third-order valence-corrected chi connectivity index (χ3v) is 6.15. The summed E-state index contributed by atoms with van der Waals surface area (Å²) < 4.78 is 41.9. The second kappa shape index (κ2) is 8.66. The Bertz CT molecular complexity index is 1920. The van der Waals surface area contributed by atoms with Crippen LogP contribution in [0.3, 0.4) is 0 Å². The Hall–Kier alpha value is -4.78. The molecule has 10 nitrogen and oxygen atoms in total. The van der Waals surface area contributed by atoms with E-state index in [1.807, 2.05) is 0 Å². The average molecular weight is 538 g/mol. The van der Waals surface area contributed by atoms with Crippen molar-refractivity contribution in [2.45, 2.75) is 12.7 Å². The number of halogens is 4. The molecule has 0 amide bonds. The minimum absolute atomic E-state index is 0.0995. The molecular formula is C24H13ClF3N8O2+.